The molecule has 0 aliphatic carbocycles. The van der Waals surface area contributed by atoms with Crippen molar-refractivity contribution in [2.75, 3.05) is 20.1 Å². The van der Waals surface area contributed by atoms with Crippen LogP contribution in [0.5, 0.6) is 0 Å². The predicted molar refractivity (Wildman–Crippen MR) is 99.0 cm³/mol. The zero-order valence-corrected chi connectivity index (χ0v) is 16.1. The van der Waals surface area contributed by atoms with Crippen molar-refractivity contribution >= 4 is 15.9 Å². The van der Waals surface area contributed by atoms with Gasteiger partial charge in [-0.2, -0.15) is 13.2 Å². The number of aryl methyl sites for hydroxylation is 1. The fourth-order valence-electron chi connectivity index (χ4n) is 2.50. The topological polar surface area (TPSA) is 66.5 Å². The van der Waals surface area contributed by atoms with Crippen LogP contribution in [0.1, 0.15) is 17.5 Å². The van der Waals surface area contributed by atoms with Gasteiger partial charge in [-0.1, -0.05) is 36.4 Å². The SMILES string of the molecule is CN(CCCc1ccccc1)C(=O)CNS(=O)(=O)c1cccc(C(F)(F)F)c1. The number of likely N-dealkylation sites (N-methyl/N-ethyl adjacent to an activating group) is 1. The van der Waals surface area contributed by atoms with Gasteiger partial charge in [-0.15, -0.1) is 0 Å². The summed E-state index contributed by atoms with van der Waals surface area (Å²) in [7, 11) is -2.69. The number of carbonyl (C=O) groups excluding carboxylic acids is 1. The minimum absolute atomic E-state index is 0.430. The highest BCUT2D eigenvalue weighted by Crippen LogP contribution is 2.30. The van der Waals surface area contributed by atoms with Crippen molar-refractivity contribution in [2.45, 2.75) is 23.9 Å². The summed E-state index contributed by atoms with van der Waals surface area (Å²) in [4.78, 5) is 13.0. The van der Waals surface area contributed by atoms with Crippen LogP contribution in [0.25, 0.3) is 0 Å². The number of amides is 1. The number of halogens is 3. The molecule has 0 fully saturated rings. The van der Waals surface area contributed by atoms with Gasteiger partial charge in [0.2, 0.25) is 15.9 Å². The Labute approximate surface area is 162 Å². The minimum Gasteiger partial charge on any atom is -0.345 e. The molecule has 0 aromatic heterocycles. The molecule has 1 amide bonds. The van der Waals surface area contributed by atoms with E-state index in [-0.39, 0.29) is 0 Å². The number of nitrogens with one attached hydrogen (secondary N) is 1. The Kier molecular flexibility index (Phi) is 7.20. The van der Waals surface area contributed by atoms with Gasteiger partial charge < -0.3 is 4.90 Å². The van der Waals surface area contributed by atoms with Gasteiger partial charge in [0.1, 0.15) is 0 Å². The van der Waals surface area contributed by atoms with Crippen molar-refractivity contribution in [3.8, 4) is 0 Å². The van der Waals surface area contributed by atoms with E-state index in [4.69, 9.17) is 0 Å². The van der Waals surface area contributed by atoms with Crippen LogP contribution >= 0.6 is 0 Å². The third-order valence-electron chi connectivity index (χ3n) is 4.11. The van der Waals surface area contributed by atoms with E-state index in [1.54, 1.807) is 7.05 Å². The van der Waals surface area contributed by atoms with E-state index in [9.17, 15) is 26.4 Å². The molecule has 5 nitrogen and oxygen atoms in total. The van der Waals surface area contributed by atoms with E-state index in [2.05, 4.69) is 4.72 Å². The van der Waals surface area contributed by atoms with Crippen molar-refractivity contribution in [2.24, 2.45) is 0 Å². The van der Waals surface area contributed by atoms with E-state index < -0.39 is 39.1 Å². The smallest absolute Gasteiger partial charge is 0.345 e. The van der Waals surface area contributed by atoms with Crippen molar-refractivity contribution in [1.82, 2.24) is 9.62 Å². The van der Waals surface area contributed by atoms with Crippen LogP contribution in [0.2, 0.25) is 0 Å². The lowest BCUT2D eigenvalue weighted by Crippen LogP contribution is -2.38. The summed E-state index contributed by atoms with van der Waals surface area (Å²) in [5, 5.41) is 0. The molecule has 28 heavy (non-hydrogen) atoms. The third kappa shape index (κ3) is 6.35. The van der Waals surface area contributed by atoms with E-state index >= 15 is 0 Å². The standard InChI is InChI=1S/C19H21F3N2O3S/c1-24(12-6-9-15-7-3-2-4-8-15)18(25)14-23-28(26,27)17-11-5-10-16(13-17)19(20,21)22/h2-5,7-8,10-11,13,23H,6,9,12,14H2,1H3. The molecule has 0 bridgehead atoms. The van der Waals surface area contributed by atoms with Crippen LogP contribution in [-0.2, 0) is 27.4 Å². The summed E-state index contributed by atoms with van der Waals surface area (Å²) < 4.78 is 64.7. The monoisotopic (exact) mass is 414 g/mol. The largest absolute Gasteiger partial charge is 0.416 e. The summed E-state index contributed by atoms with van der Waals surface area (Å²) in [5.41, 5.74) is 0.0633. The molecule has 0 aliphatic heterocycles. The highest BCUT2D eigenvalue weighted by Gasteiger charge is 2.31. The maximum atomic E-state index is 12.7. The number of carbonyl (C=O) groups is 1. The number of nitrogens with zero attached hydrogens (tertiary/aromatic N) is 1. The Morgan fingerprint density at radius 2 is 1.75 bits per heavy atom. The Bertz CT molecular complexity index is 900. The van der Waals surface area contributed by atoms with Crippen LogP contribution in [0, 0.1) is 0 Å². The summed E-state index contributed by atoms with van der Waals surface area (Å²) in [6, 6.07) is 13.1. The normalized spacial score (nSPS) is 12.0. The lowest BCUT2D eigenvalue weighted by molar-refractivity contribution is -0.137. The van der Waals surface area contributed by atoms with Gasteiger partial charge in [-0.25, -0.2) is 13.1 Å². The van der Waals surface area contributed by atoms with Gasteiger partial charge in [-0.05, 0) is 36.6 Å². The molecule has 0 saturated heterocycles. The molecular formula is C19H21F3N2O3S. The number of rotatable bonds is 8. The summed E-state index contributed by atoms with van der Waals surface area (Å²) >= 11 is 0. The van der Waals surface area contributed by atoms with Crippen LogP contribution < -0.4 is 4.72 Å². The van der Waals surface area contributed by atoms with Crippen LogP contribution in [0.15, 0.2) is 59.5 Å². The zero-order chi connectivity index (χ0) is 20.8. The van der Waals surface area contributed by atoms with Gasteiger partial charge >= 0.3 is 6.18 Å². The second kappa shape index (κ2) is 9.20. The fourth-order valence-corrected chi connectivity index (χ4v) is 3.52. The van der Waals surface area contributed by atoms with Crippen LogP contribution in [-0.4, -0.2) is 39.4 Å². The second-order valence-electron chi connectivity index (χ2n) is 6.25. The minimum atomic E-state index is -4.65. The van der Waals surface area contributed by atoms with Crippen LogP contribution in [0.3, 0.4) is 0 Å². The van der Waals surface area contributed by atoms with Gasteiger partial charge in [0.25, 0.3) is 0 Å². The Hall–Kier alpha value is -2.39. The number of hydrogen-bond acceptors (Lipinski definition) is 3. The predicted octanol–water partition coefficient (Wildman–Crippen LogP) is 3.07. The highest BCUT2D eigenvalue weighted by atomic mass is 32.2. The number of hydrogen-bond donors (Lipinski definition) is 1. The second-order valence-corrected chi connectivity index (χ2v) is 8.02. The van der Waals surface area contributed by atoms with Gasteiger partial charge in [0.05, 0.1) is 17.0 Å². The van der Waals surface area contributed by atoms with E-state index in [0.717, 1.165) is 30.2 Å². The lowest BCUT2D eigenvalue weighted by atomic mass is 10.1. The zero-order valence-electron chi connectivity index (χ0n) is 15.2. The Morgan fingerprint density at radius 1 is 1.07 bits per heavy atom. The van der Waals surface area contributed by atoms with Crippen molar-refractivity contribution < 1.29 is 26.4 Å². The molecule has 0 heterocycles. The number of sulfonamides is 1. The molecule has 0 saturated carbocycles. The van der Waals surface area contributed by atoms with Crippen molar-refractivity contribution in [3.63, 3.8) is 0 Å². The maximum Gasteiger partial charge on any atom is 0.416 e. The first kappa shape index (κ1) is 21.9. The van der Waals surface area contributed by atoms with E-state index in [1.165, 1.54) is 4.90 Å². The quantitative estimate of drug-likeness (QED) is 0.722. The molecular weight excluding hydrogens is 393 g/mol. The fraction of sp³-hybridized carbons (Fsp3) is 0.316. The first-order chi connectivity index (χ1) is 13.1. The number of benzene rings is 2. The molecule has 152 valence electrons. The first-order valence-electron chi connectivity index (χ1n) is 8.54. The van der Waals surface area contributed by atoms with Gasteiger partial charge in [0, 0.05) is 13.6 Å². The molecule has 9 heteroatoms. The van der Waals surface area contributed by atoms with E-state index in [0.29, 0.717) is 19.0 Å². The molecule has 2 rings (SSSR count). The Balaban J connectivity index is 1.88. The highest BCUT2D eigenvalue weighted by molar-refractivity contribution is 7.89. The summed E-state index contributed by atoms with van der Waals surface area (Å²) in [5.74, 6) is -0.469. The van der Waals surface area contributed by atoms with Gasteiger partial charge in [-0.3, -0.25) is 4.79 Å². The molecule has 0 aliphatic rings. The molecule has 2 aromatic rings. The van der Waals surface area contributed by atoms with Crippen LogP contribution in [0.4, 0.5) is 13.2 Å². The summed E-state index contributed by atoms with van der Waals surface area (Å²) in [6.07, 6.45) is -3.18. The molecule has 2 aromatic carbocycles. The van der Waals surface area contributed by atoms with Crippen molar-refractivity contribution in [1.29, 1.82) is 0 Å². The average molecular weight is 414 g/mol. The molecule has 0 atom stereocenters. The average Bonchev–Trinajstić information content (AvgIpc) is 2.66. The lowest BCUT2D eigenvalue weighted by Gasteiger charge is -2.17. The first-order valence-corrected chi connectivity index (χ1v) is 10.0. The van der Waals surface area contributed by atoms with E-state index in [1.807, 2.05) is 30.3 Å². The number of alkyl halides is 3. The molecule has 1 N–H and O–H groups in total. The summed E-state index contributed by atoms with van der Waals surface area (Å²) in [6.45, 7) is -0.0978. The Morgan fingerprint density at radius 3 is 2.39 bits per heavy atom. The maximum absolute atomic E-state index is 12.7. The van der Waals surface area contributed by atoms with Gasteiger partial charge in [0.15, 0.2) is 0 Å². The molecule has 0 radical (unpaired) electrons. The van der Waals surface area contributed by atoms with Crippen molar-refractivity contribution in [3.05, 3.63) is 65.7 Å². The third-order valence-corrected chi connectivity index (χ3v) is 5.51. The molecule has 0 spiro atoms. The molecule has 0 unspecified atom stereocenters.